The molecule has 2 N–H and O–H groups in total. The van der Waals surface area contributed by atoms with Gasteiger partial charge in [0, 0.05) is 12.6 Å². The average Bonchev–Trinajstić information content (AvgIpc) is 2.64. The first-order chi connectivity index (χ1) is 7.94. The summed E-state index contributed by atoms with van der Waals surface area (Å²) >= 11 is 0. The maximum Gasteiger partial charge on any atom is 0.410 e. The summed E-state index contributed by atoms with van der Waals surface area (Å²) in [6.45, 7) is 7.29. The summed E-state index contributed by atoms with van der Waals surface area (Å²) in [5, 5.41) is 0. The maximum absolute atomic E-state index is 12.0. The molecule has 18 heavy (non-hydrogen) atoms. The van der Waals surface area contributed by atoms with E-state index >= 15 is 0 Å². The van der Waals surface area contributed by atoms with Crippen molar-refractivity contribution in [3.05, 3.63) is 0 Å². The van der Waals surface area contributed by atoms with Crippen LogP contribution in [0.25, 0.3) is 0 Å². The third kappa shape index (κ3) is 5.91. The molecule has 108 valence electrons. The van der Waals surface area contributed by atoms with E-state index < -0.39 is 5.60 Å². The van der Waals surface area contributed by atoms with E-state index in [2.05, 4.69) is 0 Å². The Kier molecular flexibility index (Phi) is 7.64. The predicted octanol–water partition coefficient (Wildman–Crippen LogP) is 2.94. The largest absolute Gasteiger partial charge is 0.444 e. The summed E-state index contributed by atoms with van der Waals surface area (Å²) in [5.74, 6) is 0. The van der Waals surface area contributed by atoms with Gasteiger partial charge in [-0.3, -0.25) is 0 Å². The summed E-state index contributed by atoms with van der Waals surface area (Å²) in [7, 11) is 0. The van der Waals surface area contributed by atoms with Crippen LogP contribution in [-0.4, -0.2) is 35.7 Å². The Balaban J connectivity index is 0.00000289. The van der Waals surface area contributed by atoms with Crippen molar-refractivity contribution in [1.82, 2.24) is 4.90 Å². The number of carbonyl (C=O) groups is 1. The van der Waals surface area contributed by atoms with E-state index in [0.29, 0.717) is 6.04 Å². The molecule has 1 aliphatic heterocycles. The van der Waals surface area contributed by atoms with Crippen LogP contribution in [0.4, 0.5) is 4.79 Å². The van der Waals surface area contributed by atoms with Crippen molar-refractivity contribution < 1.29 is 9.53 Å². The molecule has 1 fully saturated rings. The molecule has 0 spiro atoms. The number of nitrogens with two attached hydrogens (primary N) is 1. The first-order valence-electron chi connectivity index (χ1n) is 6.64. The second kappa shape index (κ2) is 7.85. The van der Waals surface area contributed by atoms with Gasteiger partial charge in [-0.05, 0) is 53.0 Å². The first kappa shape index (κ1) is 17.5. The van der Waals surface area contributed by atoms with Crippen LogP contribution in [0.1, 0.15) is 52.9 Å². The highest BCUT2D eigenvalue weighted by Crippen LogP contribution is 2.24. The van der Waals surface area contributed by atoms with Gasteiger partial charge in [0.25, 0.3) is 0 Å². The second-order valence-electron chi connectivity index (χ2n) is 5.75. The Bertz CT molecular complexity index is 254. The van der Waals surface area contributed by atoms with Gasteiger partial charge < -0.3 is 15.4 Å². The molecule has 1 aliphatic rings. The van der Waals surface area contributed by atoms with Crippen molar-refractivity contribution in [3.8, 4) is 0 Å². The number of hydrogen-bond donors (Lipinski definition) is 1. The van der Waals surface area contributed by atoms with Crippen LogP contribution >= 0.6 is 12.4 Å². The van der Waals surface area contributed by atoms with Gasteiger partial charge in [0.1, 0.15) is 5.60 Å². The summed E-state index contributed by atoms with van der Waals surface area (Å²) in [6, 6.07) is 0.358. The minimum absolute atomic E-state index is 0. The minimum Gasteiger partial charge on any atom is -0.444 e. The van der Waals surface area contributed by atoms with Crippen LogP contribution in [0.5, 0.6) is 0 Å². The Morgan fingerprint density at radius 3 is 2.61 bits per heavy atom. The molecule has 1 amide bonds. The van der Waals surface area contributed by atoms with Crippen LogP contribution in [0, 0.1) is 0 Å². The Morgan fingerprint density at radius 1 is 1.39 bits per heavy atom. The van der Waals surface area contributed by atoms with E-state index in [0.717, 1.165) is 45.2 Å². The molecule has 0 radical (unpaired) electrons. The summed E-state index contributed by atoms with van der Waals surface area (Å²) in [5.41, 5.74) is 5.08. The van der Waals surface area contributed by atoms with Gasteiger partial charge in [-0.25, -0.2) is 4.79 Å². The van der Waals surface area contributed by atoms with E-state index in [1.807, 2.05) is 25.7 Å². The van der Waals surface area contributed by atoms with Crippen LogP contribution in [-0.2, 0) is 4.74 Å². The highest BCUT2D eigenvalue weighted by molar-refractivity contribution is 5.85. The third-order valence-corrected chi connectivity index (χ3v) is 3.00. The Hall–Kier alpha value is -0.480. The fourth-order valence-electron chi connectivity index (χ4n) is 2.22. The van der Waals surface area contributed by atoms with Crippen LogP contribution in [0.15, 0.2) is 0 Å². The van der Waals surface area contributed by atoms with Gasteiger partial charge in [0.05, 0.1) is 0 Å². The molecule has 1 saturated heterocycles. The lowest BCUT2D eigenvalue weighted by Crippen LogP contribution is -2.39. The van der Waals surface area contributed by atoms with Crippen LogP contribution in [0.3, 0.4) is 0 Å². The second-order valence-corrected chi connectivity index (χ2v) is 5.75. The van der Waals surface area contributed by atoms with Crippen molar-refractivity contribution in [2.45, 2.75) is 64.5 Å². The Labute approximate surface area is 117 Å². The minimum atomic E-state index is -0.401. The quantitative estimate of drug-likeness (QED) is 0.805. The van der Waals surface area contributed by atoms with E-state index in [9.17, 15) is 4.79 Å². The molecular weight excluding hydrogens is 252 g/mol. The molecular formula is C13H27ClN2O2. The van der Waals surface area contributed by atoms with Gasteiger partial charge >= 0.3 is 6.09 Å². The van der Waals surface area contributed by atoms with Gasteiger partial charge in [-0.1, -0.05) is 6.42 Å². The molecule has 1 unspecified atom stereocenters. The van der Waals surface area contributed by atoms with E-state index in [4.69, 9.17) is 10.5 Å². The lowest BCUT2D eigenvalue weighted by Gasteiger charge is -2.28. The molecule has 5 heteroatoms. The Morgan fingerprint density at radius 2 is 2.06 bits per heavy atom. The zero-order chi connectivity index (χ0) is 12.9. The molecule has 0 saturated carbocycles. The molecule has 1 rings (SSSR count). The van der Waals surface area contributed by atoms with Crippen LogP contribution in [0.2, 0.25) is 0 Å². The normalized spacial score (nSPS) is 19.6. The molecule has 1 atom stereocenters. The molecule has 0 aromatic rings. The number of carbonyl (C=O) groups excluding carboxylic acids is 1. The lowest BCUT2D eigenvalue weighted by molar-refractivity contribution is 0.0219. The first-order valence-corrected chi connectivity index (χ1v) is 6.64. The van der Waals surface area contributed by atoms with E-state index in [1.54, 1.807) is 0 Å². The fraction of sp³-hybridized carbons (Fsp3) is 0.923. The highest BCUT2D eigenvalue weighted by atomic mass is 35.5. The number of amides is 1. The van der Waals surface area contributed by atoms with E-state index in [1.165, 1.54) is 0 Å². The standard InChI is InChI=1S/C13H26N2O2.ClH/c1-13(2,3)17-12(16)15-10-6-8-11(15)7-4-5-9-14;/h11H,4-10,14H2,1-3H3;1H. The number of halogens is 1. The maximum atomic E-state index is 12.0. The number of likely N-dealkylation sites (tertiary alicyclic amines) is 1. The molecule has 1 heterocycles. The number of unbranched alkanes of at least 4 members (excludes halogenated alkanes) is 1. The SMILES string of the molecule is CC(C)(C)OC(=O)N1CCCC1CCCCN.Cl. The van der Waals surface area contributed by atoms with Gasteiger partial charge in [-0.2, -0.15) is 0 Å². The topological polar surface area (TPSA) is 55.6 Å². The van der Waals surface area contributed by atoms with Gasteiger partial charge in [0.15, 0.2) is 0 Å². The molecule has 0 bridgehead atoms. The smallest absolute Gasteiger partial charge is 0.410 e. The van der Waals surface area contributed by atoms with Crippen molar-refractivity contribution in [2.24, 2.45) is 5.73 Å². The molecule has 0 aromatic carbocycles. The van der Waals surface area contributed by atoms with Gasteiger partial charge in [-0.15, -0.1) is 12.4 Å². The zero-order valence-corrected chi connectivity index (χ0v) is 12.6. The summed E-state index contributed by atoms with van der Waals surface area (Å²) < 4.78 is 5.42. The summed E-state index contributed by atoms with van der Waals surface area (Å²) in [4.78, 5) is 13.9. The van der Waals surface area contributed by atoms with Crippen molar-refractivity contribution in [1.29, 1.82) is 0 Å². The monoisotopic (exact) mass is 278 g/mol. The van der Waals surface area contributed by atoms with Crippen molar-refractivity contribution >= 4 is 18.5 Å². The molecule has 0 aliphatic carbocycles. The van der Waals surface area contributed by atoms with Gasteiger partial charge in [0.2, 0.25) is 0 Å². The fourth-order valence-corrected chi connectivity index (χ4v) is 2.22. The molecule has 4 nitrogen and oxygen atoms in total. The number of ether oxygens (including phenoxy) is 1. The number of rotatable bonds is 4. The van der Waals surface area contributed by atoms with Crippen LogP contribution < -0.4 is 5.73 Å². The third-order valence-electron chi connectivity index (χ3n) is 3.00. The number of hydrogen-bond acceptors (Lipinski definition) is 3. The number of nitrogens with zero attached hydrogens (tertiary/aromatic N) is 1. The summed E-state index contributed by atoms with van der Waals surface area (Å²) in [6.07, 6.45) is 5.22. The zero-order valence-electron chi connectivity index (χ0n) is 11.8. The van der Waals surface area contributed by atoms with Crippen molar-refractivity contribution in [2.75, 3.05) is 13.1 Å². The van der Waals surface area contributed by atoms with Crippen molar-refractivity contribution in [3.63, 3.8) is 0 Å². The highest BCUT2D eigenvalue weighted by Gasteiger charge is 2.31. The lowest BCUT2D eigenvalue weighted by atomic mass is 10.1. The molecule has 0 aromatic heterocycles. The van der Waals surface area contributed by atoms with E-state index in [-0.39, 0.29) is 18.5 Å². The average molecular weight is 279 g/mol. The predicted molar refractivity (Wildman–Crippen MR) is 76.1 cm³/mol.